The van der Waals surface area contributed by atoms with Gasteiger partial charge in [-0.15, -0.1) is 0 Å². The van der Waals surface area contributed by atoms with Gasteiger partial charge in [-0.3, -0.25) is 4.79 Å². The van der Waals surface area contributed by atoms with Crippen LogP contribution in [0.4, 0.5) is 8.78 Å². The van der Waals surface area contributed by atoms with Crippen LogP contribution in [-0.2, 0) is 17.1 Å². The van der Waals surface area contributed by atoms with Crippen LogP contribution in [0.5, 0.6) is 0 Å². The van der Waals surface area contributed by atoms with E-state index in [1.54, 1.807) is 12.1 Å². The molecule has 1 aliphatic rings. The zero-order valence-corrected chi connectivity index (χ0v) is 12.9. The number of benzene rings is 1. The Labute approximate surface area is 129 Å². The van der Waals surface area contributed by atoms with Gasteiger partial charge < -0.3 is 5.32 Å². The van der Waals surface area contributed by atoms with E-state index in [2.05, 4.69) is 5.32 Å². The van der Waals surface area contributed by atoms with Crippen molar-refractivity contribution in [2.75, 3.05) is 7.05 Å². The van der Waals surface area contributed by atoms with Crippen molar-refractivity contribution in [2.45, 2.75) is 32.1 Å². The van der Waals surface area contributed by atoms with Gasteiger partial charge in [0.15, 0.2) is 0 Å². The second-order valence-electron chi connectivity index (χ2n) is 5.76. The normalized spacial score (nSPS) is 16.5. The zero-order chi connectivity index (χ0) is 16.2. The van der Waals surface area contributed by atoms with E-state index in [4.69, 9.17) is 0 Å². The molecule has 1 fully saturated rings. The third kappa shape index (κ3) is 4.52. The quantitative estimate of drug-likeness (QED) is 0.469. The summed E-state index contributed by atoms with van der Waals surface area (Å²) in [6.45, 7) is 0.893. The minimum absolute atomic E-state index is 0.0168. The molecule has 0 spiro atoms. The molecule has 2 nitrogen and oxygen atoms in total. The van der Waals surface area contributed by atoms with Crippen molar-refractivity contribution in [1.29, 1.82) is 0 Å². The number of aldehydes is 1. The van der Waals surface area contributed by atoms with E-state index in [0.717, 1.165) is 42.9 Å². The molecule has 0 unspecified atom stereocenters. The molecule has 118 valence electrons. The maximum atomic E-state index is 13.2. The lowest BCUT2D eigenvalue weighted by atomic mass is 10.0. The summed E-state index contributed by atoms with van der Waals surface area (Å²) in [5.74, 6) is -2.40. The van der Waals surface area contributed by atoms with Crippen molar-refractivity contribution in [3.63, 3.8) is 0 Å². The molecule has 0 amide bonds. The third-order valence-electron chi connectivity index (χ3n) is 3.84. The first-order valence-corrected chi connectivity index (χ1v) is 7.45. The summed E-state index contributed by atoms with van der Waals surface area (Å²) >= 11 is 0. The van der Waals surface area contributed by atoms with Crippen LogP contribution in [0, 0.1) is 5.92 Å². The van der Waals surface area contributed by atoms with Gasteiger partial charge in [-0.25, -0.2) is 8.78 Å². The van der Waals surface area contributed by atoms with Crippen molar-refractivity contribution in [3.8, 4) is 0 Å². The first-order chi connectivity index (χ1) is 10.4. The Hall–Kier alpha value is -1.97. The molecule has 1 aliphatic carbocycles. The van der Waals surface area contributed by atoms with Gasteiger partial charge in [0.25, 0.3) is 5.92 Å². The molecule has 2 rings (SSSR count). The molecule has 1 N–H and O–H groups in total. The topological polar surface area (TPSA) is 29.1 Å². The number of hydrogen-bond acceptors (Lipinski definition) is 2. The Balaban J connectivity index is 2.08. The average molecular weight is 305 g/mol. The number of nitrogens with one attached hydrogen (secondary N) is 1. The Morgan fingerprint density at radius 3 is 2.36 bits per heavy atom. The molecular weight excluding hydrogens is 284 g/mol. The van der Waals surface area contributed by atoms with E-state index in [1.807, 2.05) is 19.2 Å². The summed E-state index contributed by atoms with van der Waals surface area (Å²) in [5, 5.41) is 3.09. The van der Waals surface area contributed by atoms with Crippen molar-refractivity contribution >= 4 is 6.29 Å². The molecule has 0 atom stereocenters. The van der Waals surface area contributed by atoms with Gasteiger partial charge in [-0.2, -0.15) is 0 Å². The van der Waals surface area contributed by atoms with Crippen LogP contribution in [0.3, 0.4) is 0 Å². The van der Waals surface area contributed by atoms with Gasteiger partial charge in [0.1, 0.15) is 6.29 Å². The summed E-state index contributed by atoms with van der Waals surface area (Å²) < 4.78 is 26.4. The van der Waals surface area contributed by atoms with Crippen molar-refractivity contribution in [2.24, 2.45) is 5.92 Å². The molecule has 4 heteroatoms. The Morgan fingerprint density at radius 2 is 1.91 bits per heavy atom. The monoisotopic (exact) mass is 305 g/mol. The maximum Gasteiger partial charge on any atom is 0.270 e. The largest absolute Gasteiger partial charge is 0.391 e. The fourth-order valence-corrected chi connectivity index (χ4v) is 2.25. The fraction of sp³-hybridized carbons (Fsp3) is 0.389. The molecule has 0 bridgehead atoms. The van der Waals surface area contributed by atoms with E-state index in [9.17, 15) is 13.6 Å². The van der Waals surface area contributed by atoms with Crippen LogP contribution >= 0.6 is 0 Å². The van der Waals surface area contributed by atoms with Crippen molar-refractivity contribution in [1.82, 2.24) is 5.32 Å². The van der Waals surface area contributed by atoms with E-state index in [-0.39, 0.29) is 5.56 Å². The lowest BCUT2D eigenvalue weighted by Gasteiger charge is -2.12. The predicted molar refractivity (Wildman–Crippen MR) is 83.7 cm³/mol. The molecule has 0 radical (unpaired) electrons. The van der Waals surface area contributed by atoms with Crippen LogP contribution in [-0.4, -0.2) is 13.3 Å². The van der Waals surface area contributed by atoms with Gasteiger partial charge in [0.05, 0.1) is 0 Å². The summed E-state index contributed by atoms with van der Waals surface area (Å²) in [5.41, 5.74) is 2.73. The maximum absolute atomic E-state index is 13.2. The Bertz CT molecular complexity index is 578. The summed E-state index contributed by atoms with van der Waals surface area (Å²) in [6.07, 6.45) is 7.44. The molecular formula is C18H21F2NO. The number of allylic oxidation sites excluding steroid dienone is 4. The molecule has 1 saturated carbocycles. The molecule has 0 aromatic heterocycles. The van der Waals surface area contributed by atoms with Crippen LogP contribution < -0.4 is 5.32 Å². The summed E-state index contributed by atoms with van der Waals surface area (Å²) in [4.78, 5) is 11.0. The second-order valence-corrected chi connectivity index (χ2v) is 5.76. The minimum atomic E-state index is -2.81. The Kier molecular flexibility index (Phi) is 5.11. The van der Waals surface area contributed by atoms with Crippen molar-refractivity contribution < 1.29 is 13.6 Å². The highest BCUT2D eigenvalue weighted by molar-refractivity contribution is 5.75. The molecule has 0 saturated heterocycles. The number of carbonyl (C=O) groups excluding carboxylic acids is 1. The number of hydrogen-bond donors (Lipinski definition) is 1. The molecule has 0 aliphatic heterocycles. The smallest absolute Gasteiger partial charge is 0.270 e. The van der Waals surface area contributed by atoms with Gasteiger partial charge in [0, 0.05) is 31.7 Å². The van der Waals surface area contributed by atoms with Crippen LogP contribution in [0.25, 0.3) is 0 Å². The SMILES string of the molecule is CN/C(=C\C=C(/C=O)C1CC1)Cc1ccc(C(C)(F)F)cc1. The van der Waals surface area contributed by atoms with Gasteiger partial charge in [-0.1, -0.05) is 30.3 Å². The number of alkyl halides is 2. The molecule has 1 aromatic rings. The summed E-state index contributed by atoms with van der Waals surface area (Å²) in [6, 6.07) is 6.34. The summed E-state index contributed by atoms with van der Waals surface area (Å²) in [7, 11) is 1.81. The van der Waals surface area contributed by atoms with Gasteiger partial charge in [0.2, 0.25) is 0 Å². The van der Waals surface area contributed by atoms with E-state index in [1.165, 1.54) is 12.1 Å². The van der Waals surface area contributed by atoms with E-state index >= 15 is 0 Å². The number of halogens is 2. The first-order valence-electron chi connectivity index (χ1n) is 7.45. The van der Waals surface area contributed by atoms with Crippen molar-refractivity contribution in [3.05, 3.63) is 58.8 Å². The lowest BCUT2D eigenvalue weighted by Crippen LogP contribution is -2.10. The van der Waals surface area contributed by atoms with E-state index in [0.29, 0.717) is 12.3 Å². The minimum Gasteiger partial charge on any atom is -0.391 e. The predicted octanol–water partition coefficient (Wildman–Crippen LogP) is 3.98. The van der Waals surface area contributed by atoms with Gasteiger partial charge in [-0.05, 0) is 36.0 Å². The highest BCUT2D eigenvalue weighted by atomic mass is 19.3. The van der Waals surface area contributed by atoms with E-state index < -0.39 is 5.92 Å². The number of carbonyl (C=O) groups is 1. The second kappa shape index (κ2) is 6.86. The fourth-order valence-electron chi connectivity index (χ4n) is 2.25. The van der Waals surface area contributed by atoms with Gasteiger partial charge >= 0.3 is 0 Å². The number of rotatable bonds is 7. The first kappa shape index (κ1) is 16.4. The molecule has 0 heterocycles. The zero-order valence-electron chi connectivity index (χ0n) is 12.9. The Morgan fingerprint density at radius 1 is 1.27 bits per heavy atom. The molecule has 22 heavy (non-hydrogen) atoms. The van der Waals surface area contributed by atoms with Crippen LogP contribution in [0.15, 0.2) is 47.7 Å². The molecule has 1 aromatic carbocycles. The lowest BCUT2D eigenvalue weighted by molar-refractivity contribution is -0.105. The average Bonchev–Trinajstić information content (AvgIpc) is 3.31. The van der Waals surface area contributed by atoms with Crippen LogP contribution in [0.1, 0.15) is 30.9 Å². The highest BCUT2D eigenvalue weighted by Crippen LogP contribution is 2.35. The number of likely N-dealkylation sites (N-methyl/N-ethyl adjacent to an activating group) is 1. The highest BCUT2D eigenvalue weighted by Gasteiger charge is 2.25. The third-order valence-corrected chi connectivity index (χ3v) is 3.84. The standard InChI is InChI=1S/C18H21F2NO/c1-18(19,20)16-8-3-13(4-9-16)11-17(21-2)10-7-15(12-22)14-5-6-14/h3-4,7-10,12,14,21H,5-6,11H2,1-2H3/b15-7+,17-10-. The van der Waals surface area contributed by atoms with Crippen LogP contribution in [0.2, 0.25) is 0 Å².